The van der Waals surface area contributed by atoms with Gasteiger partial charge in [0.05, 0.1) is 11.8 Å². The first-order valence-electron chi connectivity index (χ1n) is 5.27. The number of nitrogens with one attached hydrogen (secondary N) is 1. The molecule has 16 heavy (non-hydrogen) atoms. The van der Waals surface area contributed by atoms with Crippen LogP contribution in [-0.2, 0) is 9.84 Å². The first-order valence-corrected chi connectivity index (χ1v) is 6.98. The summed E-state index contributed by atoms with van der Waals surface area (Å²) < 4.78 is 28.4. The van der Waals surface area contributed by atoms with Gasteiger partial charge in [0.1, 0.15) is 5.25 Å². The van der Waals surface area contributed by atoms with Crippen LogP contribution in [0.3, 0.4) is 0 Å². The minimum Gasteiger partial charge on any atom is -0.338 e. The molecule has 1 aliphatic rings. The third-order valence-electron chi connectivity index (χ3n) is 2.88. The van der Waals surface area contributed by atoms with Gasteiger partial charge in [-0.15, -0.1) is 0 Å². The molecule has 2 atom stereocenters. The van der Waals surface area contributed by atoms with Crippen LogP contribution < -0.4 is 5.32 Å². The molecule has 2 heterocycles. The van der Waals surface area contributed by atoms with Gasteiger partial charge in [0, 0.05) is 0 Å². The number of nitrogens with zero attached hydrogens (tertiary/aromatic N) is 2. The molecule has 0 aromatic carbocycles. The van der Waals surface area contributed by atoms with E-state index in [4.69, 9.17) is 4.52 Å². The van der Waals surface area contributed by atoms with Gasteiger partial charge >= 0.3 is 0 Å². The van der Waals surface area contributed by atoms with Crippen molar-refractivity contribution in [1.29, 1.82) is 0 Å². The van der Waals surface area contributed by atoms with Crippen LogP contribution in [0.5, 0.6) is 0 Å². The molecule has 1 fully saturated rings. The molecular formula is C9H15N3O3S. The molecule has 7 heteroatoms. The predicted octanol–water partition coefficient (Wildman–Crippen LogP) is 0.600. The minimum atomic E-state index is -3.06. The van der Waals surface area contributed by atoms with Crippen molar-refractivity contribution in [2.75, 3.05) is 12.8 Å². The van der Waals surface area contributed by atoms with Crippen molar-refractivity contribution in [2.45, 2.75) is 31.1 Å². The summed E-state index contributed by atoms with van der Waals surface area (Å²) in [6.07, 6.45) is 1.27. The van der Waals surface area contributed by atoms with Crippen molar-refractivity contribution in [3.8, 4) is 0 Å². The van der Waals surface area contributed by atoms with Crippen molar-refractivity contribution < 1.29 is 12.9 Å². The van der Waals surface area contributed by atoms with Crippen molar-refractivity contribution in [2.24, 2.45) is 0 Å². The summed E-state index contributed by atoms with van der Waals surface area (Å²) in [6.45, 7) is 1.88. The predicted molar refractivity (Wildman–Crippen MR) is 57.5 cm³/mol. The normalized spacial score (nSPS) is 25.8. The van der Waals surface area contributed by atoms with Crippen LogP contribution in [0, 0.1) is 0 Å². The Labute approximate surface area is 94.3 Å². The second-order valence-corrected chi connectivity index (χ2v) is 6.30. The van der Waals surface area contributed by atoms with Gasteiger partial charge in [-0.05, 0) is 26.8 Å². The Bertz CT molecular complexity index is 468. The molecule has 0 saturated carbocycles. The summed E-state index contributed by atoms with van der Waals surface area (Å²) in [5.74, 6) is 0.956. The van der Waals surface area contributed by atoms with Gasteiger partial charge in [-0.3, -0.25) is 0 Å². The van der Waals surface area contributed by atoms with E-state index >= 15 is 0 Å². The molecular weight excluding hydrogens is 230 g/mol. The molecule has 0 radical (unpaired) electrons. The van der Waals surface area contributed by atoms with Gasteiger partial charge < -0.3 is 9.84 Å². The Hall–Kier alpha value is -0.950. The van der Waals surface area contributed by atoms with Crippen LogP contribution in [-0.4, -0.2) is 31.4 Å². The standard InChI is InChI=1S/C9H15N3O3S/c1-6(10-2)9-11-8(12-15-9)7-4-3-5-16(7,13)14/h6-7,10H,3-5H2,1-2H3. The molecule has 1 saturated heterocycles. The van der Waals surface area contributed by atoms with Gasteiger partial charge in [-0.25, -0.2) is 8.42 Å². The average Bonchev–Trinajstić information content (AvgIpc) is 2.82. The van der Waals surface area contributed by atoms with Crippen molar-refractivity contribution in [3.05, 3.63) is 11.7 Å². The van der Waals surface area contributed by atoms with E-state index in [9.17, 15) is 8.42 Å². The average molecular weight is 245 g/mol. The van der Waals surface area contributed by atoms with E-state index in [1.165, 1.54) is 0 Å². The summed E-state index contributed by atoms with van der Waals surface area (Å²) in [7, 11) is -1.29. The Morgan fingerprint density at radius 3 is 2.88 bits per heavy atom. The molecule has 1 aromatic rings. The molecule has 0 spiro atoms. The van der Waals surface area contributed by atoms with E-state index < -0.39 is 15.1 Å². The molecule has 0 bridgehead atoms. The minimum absolute atomic E-state index is 0.0645. The number of aromatic nitrogens is 2. The third kappa shape index (κ3) is 1.97. The second-order valence-electron chi connectivity index (χ2n) is 4.00. The zero-order valence-corrected chi connectivity index (χ0v) is 10.1. The van der Waals surface area contributed by atoms with Gasteiger partial charge in [-0.2, -0.15) is 4.98 Å². The first kappa shape index (κ1) is 11.5. The fourth-order valence-corrected chi connectivity index (χ4v) is 3.56. The molecule has 90 valence electrons. The van der Waals surface area contributed by atoms with E-state index in [0.717, 1.165) is 0 Å². The molecule has 0 amide bonds. The highest BCUT2D eigenvalue weighted by atomic mass is 32.2. The molecule has 1 aliphatic heterocycles. The number of rotatable bonds is 3. The maximum absolute atomic E-state index is 11.7. The van der Waals surface area contributed by atoms with Crippen LogP contribution >= 0.6 is 0 Å². The Morgan fingerprint density at radius 1 is 1.56 bits per heavy atom. The fraction of sp³-hybridized carbons (Fsp3) is 0.778. The van der Waals surface area contributed by atoms with E-state index in [0.29, 0.717) is 24.6 Å². The van der Waals surface area contributed by atoms with Crippen molar-refractivity contribution >= 4 is 9.84 Å². The highest BCUT2D eigenvalue weighted by Gasteiger charge is 2.36. The van der Waals surface area contributed by atoms with Gasteiger partial charge in [0.25, 0.3) is 0 Å². The van der Waals surface area contributed by atoms with Gasteiger partial charge in [-0.1, -0.05) is 5.16 Å². The van der Waals surface area contributed by atoms with E-state index in [1.807, 2.05) is 6.92 Å². The van der Waals surface area contributed by atoms with Crippen LogP contribution in [0.4, 0.5) is 0 Å². The zero-order valence-electron chi connectivity index (χ0n) is 9.30. The van der Waals surface area contributed by atoms with E-state index in [2.05, 4.69) is 15.5 Å². The lowest BCUT2D eigenvalue weighted by molar-refractivity contribution is 0.343. The molecule has 2 rings (SSSR count). The lowest BCUT2D eigenvalue weighted by Gasteiger charge is -2.03. The van der Waals surface area contributed by atoms with Gasteiger partial charge in [0.2, 0.25) is 5.89 Å². The lowest BCUT2D eigenvalue weighted by Crippen LogP contribution is -2.13. The number of hydrogen-bond donors (Lipinski definition) is 1. The lowest BCUT2D eigenvalue weighted by atomic mass is 10.2. The maximum atomic E-state index is 11.7. The zero-order chi connectivity index (χ0) is 11.8. The maximum Gasteiger partial charge on any atom is 0.243 e. The summed E-state index contributed by atoms with van der Waals surface area (Å²) in [4.78, 5) is 4.14. The highest BCUT2D eigenvalue weighted by molar-refractivity contribution is 7.91. The number of hydrogen-bond acceptors (Lipinski definition) is 6. The Balaban J connectivity index is 2.25. The monoisotopic (exact) mass is 245 g/mol. The summed E-state index contributed by atoms with van der Waals surface area (Å²) in [6, 6.07) is -0.0645. The third-order valence-corrected chi connectivity index (χ3v) is 5.05. The molecule has 6 nitrogen and oxygen atoms in total. The fourth-order valence-electron chi connectivity index (χ4n) is 1.76. The number of sulfone groups is 1. The molecule has 1 aromatic heterocycles. The van der Waals surface area contributed by atoms with Crippen LogP contribution in [0.2, 0.25) is 0 Å². The molecule has 1 N–H and O–H groups in total. The Kier molecular flexibility index (Phi) is 2.98. The topological polar surface area (TPSA) is 85.1 Å². The summed E-state index contributed by atoms with van der Waals surface area (Å²) in [5, 5.41) is 6.14. The molecule has 0 aliphatic carbocycles. The Morgan fingerprint density at radius 2 is 2.31 bits per heavy atom. The molecule has 2 unspecified atom stereocenters. The van der Waals surface area contributed by atoms with Crippen LogP contribution in [0.25, 0.3) is 0 Å². The SMILES string of the molecule is CNC(C)c1nc(C2CCCS2(=O)=O)no1. The van der Waals surface area contributed by atoms with Crippen LogP contribution in [0.15, 0.2) is 4.52 Å². The first-order chi connectivity index (χ1) is 7.54. The highest BCUT2D eigenvalue weighted by Crippen LogP contribution is 2.33. The van der Waals surface area contributed by atoms with Crippen molar-refractivity contribution in [3.63, 3.8) is 0 Å². The van der Waals surface area contributed by atoms with E-state index in [1.54, 1.807) is 7.05 Å². The van der Waals surface area contributed by atoms with Crippen LogP contribution in [0.1, 0.15) is 42.8 Å². The summed E-state index contributed by atoms with van der Waals surface area (Å²) in [5.41, 5.74) is 0. The van der Waals surface area contributed by atoms with E-state index in [-0.39, 0.29) is 11.8 Å². The quantitative estimate of drug-likeness (QED) is 0.839. The second kappa shape index (κ2) is 4.14. The smallest absolute Gasteiger partial charge is 0.243 e. The largest absolute Gasteiger partial charge is 0.338 e. The van der Waals surface area contributed by atoms with Gasteiger partial charge in [0.15, 0.2) is 15.7 Å². The van der Waals surface area contributed by atoms with Crippen molar-refractivity contribution in [1.82, 2.24) is 15.5 Å². The summed E-state index contributed by atoms with van der Waals surface area (Å²) >= 11 is 0.